The lowest BCUT2D eigenvalue weighted by molar-refractivity contribution is 0.130. The van der Waals surface area contributed by atoms with Gasteiger partial charge in [-0.15, -0.1) is 11.3 Å². The van der Waals surface area contributed by atoms with E-state index in [0.29, 0.717) is 31.7 Å². The van der Waals surface area contributed by atoms with Gasteiger partial charge in [0.1, 0.15) is 16.4 Å². The average molecular weight is 613 g/mol. The van der Waals surface area contributed by atoms with Gasteiger partial charge in [-0.05, 0) is 89.2 Å². The Kier molecular flexibility index (Phi) is 9.40. The van der Waals surface area contributed by atoms with E-state index in [4.69, 9.17) is 4.74 Å². The topological polar surface area (TPSA) is 132 Å². The van der Waals surface area contributed by atoms with E-state index in [2.05, 4.69) is 19.7 Å². The molecular formula is C29H32N4O5S3. The number of hydrogen-bond acceptors (Lipinski definition) is 8. The van der Waals surface area contributed by atoms with E-state index in [0.717, 1.165) is 5.56 Å². The fourth-order valence-electron chi connectivity index (χ4n) is 3.77. The molecule has 4 rings (SSSR count). The van der Waals surface area contributed by atoms with Crippen LogP contribution < -0.4 is 14.8 Å². The van der Waals surface area contributed by atoms with Crippen molar-refractivity contribution in [3.05, 3.63) is 79.0 Å². The second-order valence-electron chi connectivity index (χ2n) is 10.4. The number of nitrogens with one attached hydrogen (secondary N) is 3. The van der Waals surface area contributed by atoms with Gasteiger partial charge in [-0.1, -0.05) is 18.2 Å². The molecule has 4 aromatic rings. The molecular weight excluding hydrogens is 581 g/mol. The monoisotopic (exact) mass is 612 g/mol. The van der Waals surface area contributed by atoms with Crippen LogP contribution in [0.3, 0.4) is 0 Å². The minimum Gasteiger partial charge on any atom is -0.588 e. The van der Waals surface area contributed by atoms with Gasteiger partial charge in [0.25, 0.3) is 0 Å². The fourth-order valence-corrected chi connectivity index (χ4v) is 7.32. The van der Waals surface area contributed by atoms with Crippen molar-refractivity contribution in [1.29, 1.82) is 0 Å². The van der Waals surface area contributed by atoms with Gasteiger partial charge in [-0.3, -0.25) is 5.32 Å². The van der Waals surface area contributed by atoms with Crippen LogP contribution in [0.4, 0.5) is 16.2 Å². The van der Waals surface area contributed by atoms with Crippen LogP contribution in [0.15, 0.2) is 88.8 Å². The molecule has 9 nitrogen and oxygen atoms in total. The standard InChI is InChI=1S/C29H32N4O5S3/c1-19(2)38-28(34)31-21-13-11-20(12-14-21)27-30-18-25(39-27)24-16-15-22(32-40(35)23-9-7-6-8-10-23)17-26(24)41(36,37)33-29(3,4)5/h6-19,32-33H,1-5H3,(H,31,34). The van der Waals surface area contributed by atoms with Crippen LogP contribution in [0.2, 0.25) is 0 Å². The molecule has 0 aliphatic heterocycles. The molecule has 0 bridgehead atoms. The van der Waals surface area contributed by atoms with E-state index in [1.165, 1.54) is 17.4 Å². The summed E-state index contributed by atoms with van der Waals surface area (Å²) in [5, 5.41) is 3.35. The maximum atomic E-state index is 13.5. The van der Waals surface area contributed by atoms with Gasteiger partial charge in [0.05, 0.1) is 21.6 Å². The van der Waals surface area contributed by atoms with Crippen LogP contribution in [0.5, 0.6) is 0 Å². The highest BCUT2D eigenvalue weighted by molar-refractivity contribution is 7.92. The summed E-state index contributed by atoms with van der Waals surface area (Å²) in [6.45, 7) is 8.84. The van der Waals surface area contributed by atoms with E-state index in [-0.39, 0.29) is 11.0 Å². The van der Waals surface area contributed by atoms with Gasteiger partial charge in [-0.25, -0.2) is 27.6 Å². The van der Waals surface area contributed by atoms with Crippen LogP contribution in [-0.4, -0.2) is 35.7 Å². The van der Waals surface area contributed by atoms with Crippen molar-refractivity contribution >= 4 is 50.2 Å². The molecule has 216 valence electrons. The van der Waals surface area contributed by atoms with Crippen molar-refractivity contribution in [2.45, 2.75) is 56.1 Å². The highest BCUT2D eigenvalue weighted by Crippen LogP contribution is 2.37. The smallest absolute Gasteiger partial charge is 0.411 e. The Morgan fingerprint density at radius 3 is 2.29 bits per heavy atom. The summed E-state index contributed by atoms with van der Waals surface area (Å²) in [5.41, 5.74) is 1.53. The van der Waals surface area contributed by atoms with Gasteiger partial charge in [-0.2, -0.15) is 0 Å². The first-order valence-corrected chi connectivity index (χ1v) is 16.2. The number of amides is 1. The number of thiazole rings is 1. The number of sulfonamides is 1. The second-order valence-corrected chi connectivity index (χ2v) is 14.3. The third-order valence-electron chi connectivity index (χ3n) is 5.37. The summed E-state index contributed by atoms with van der Waals surface area (Å²) in [5.74, 6) is 0. The highest BCUT2D eigenvalue weighted by Gasteiger charge is 2.27. The Balaban J connectivity index is 1.64. The normalized spacial score (nSPS) is 12.7. The lowest BCUT2D eigenvalue weighted by atomic mass is 10.1. The van der Waals surface area contributed by atoms with Crippen molar-refractivity contribution in [3.8, 4) is 21.0 Å². The Morgan fingerprint density at radius 1 is 1.00 bits per heavy atom. The van der Waals surface area contributed by atoms with Crippen molar-refractivity contribution in [2.24, 2.45) is 0 Å². The Morgan fingerprint density at radius 2 is 1.66 bits per heavy atom. The van der Waals surface area contributed by atoms with E-state index in [9.17, 15) is 17.8 Å². The molecule has 0 fully saturated rings. The minimum atomic E-state index is -3.96. The van der Waals surface area contributed by atoms with Gasteiger partial charge in [0, 0.05) is 28.6 Å². The number of nitrogens with zero attached hydrogens (tertiary/aromatic N) is 1. The molecule has 3 aromatic carbocycles. The van der Waals surface area contributed by atoms with E-state index in [1.54, 1.807) is 89.3 Å². The van der Waals surface area contributed by atoms with Crippen molar-refractivity contribution in [1.82, 2.24) is 9.71 Å². The van der Waals surface area contributed by atoms with Gasteiger partial charge >= 0.3 is 6.09 Å². The molecule has 0 spiro atoms. The first kappa shape index (κ1) is 30.5. The van der Waals surface area contributed by atoms with Crippen LogP contribution in [0.1, 0.15) is 34.6 Å². The van der Waals surface area contributed by atoms with E-state index >= 15 is 0 Å². The Labute approximate surface area is 247 Å². The van der Waals surface area contributed by atoms with Gasteiger partial charge in [0.2, 0.25) is 10.0 Å². The maximum Gasteiger partial charge on any atom is 0.411 e. The number of rotatable bonds is 9. The molecule has 1 aromatic heterocycles. The third kappa shape index (κ3) is 8.30. The molecule has 0 aliphatic rings. The second kappa shape index (κ2) is 12.6. The number of anilines is 2. The van der Waals surface area contributed by atoms with Crippen LogP contribution in [0, 0.1) is 0 Å². The molecule has 0 saturated heterocycles. The lowest BCUT2D eigenvalue weighted by Gasteiger charge is -2.22. The number of benzene rings is 3. The molecule has 1 unspecified atom stereocenters. The molecule has 1 atom stereocenters. The highest BCUT2D eigenvalue weighted by atomic mass is 32.2. The zero-order valence-corrected chi connectivity index (χ0v) is 25.7. The molecule has 12 heteroatoms. The summed E-state index contributed by atoms with van der Waals surface area (Å²) >= 11 is -0.242. The first-order chi connectivity index (χ1) is 19.3. The quantitative estimate of drug-likeness (QED) is 0.180. The summed E-state index contributed by atoms with van der Waals surface area (Å²) < 4.78 is 50.7. The van der Waals surface area contributed by atoms with Crippen molar-refractivity contribution < 1.29 is 22.5 Å². The number of hydrogen-bond donors (Lipinski definition) is 3. The van der Waals surface area contributed by atoms with Crippen molar-refractivity contribution in [2.75, 3.05) is 10.0 Å². The lowest BCUT2D eigenvalue weighted by Crippen LogP contribution is -2.40. The number of aromatic nitrogens is 1. The zero-order valence-electron chi connectivity index (χ0n) is 23.3. The number of carbonyl (C=O) groups is 1. The average Bonchev–Trinajstić information content (AvgIpc) is 3.38. The Hall–Kier alpha value is -3.42. The molecule has 0 radical (unpaired) electrons. The molecule has 1 amide bonds. The van der Waals surface area contributed by atoms with Crippen LogP contribution in [0.25, 0.3) is 21.0 Å². The van der Waals surface area contributed by atoms with Gasteiger partial charge < -0.3 is 9.29 Å². The summed E-state index contributed by atoms with van der Waals surface area (Å²) in [6.07, 6.45) is 0.867. The number of ether oxygens (including phenoxy) is 1. The largest absolute Gasteiger partial charge is 0.588 e. The maximum absolute atomic E-state index is 13.5. The summed E-state index contributed by atoms with van der Waals surface area (Å²) in [4.78, 5) is 17.7. The molecule has 0 aliphatic carbocycles. The molecule has 41 heavy (non-hydrogen) atoms. The first-order valence-electron chi connectivity index (χ1n) is 12.8. The summed E-state index contributed by atoms with van der Waals surface area (Å²) in [6, 6.07) is 20.9. The predicted molar refractivity (Wildman–Crippen MR) is 165 cm³/mol. The minimum absolute atomic E-state index is 0.0425. The predicted octanol–water partition coefficient (Wildman–Crippen LogP) is 6.65. The van der Waals surface area contributed by atoms with Crippen LogP contribution in [-0.2, 0) is 26.1 Å². The number of carbonyl (C=O) groups excluding carboxylic acids is 1. The van der Waals surface area contributed by atoms with E-state index < -0.39 is 33.0 Å². The van der Waals surface area contributed by atoms with E-state index in [1.807, 2.05) is 18.2 Å². The zero-order chi connectivity index (χ0) is 29.8. The van der Waals surface area contributed by atoms with Crippen molar-refractivity contribution in [3.63, 3.8) is 0 Å². The molecule has 3 N–H and O–H groups in total. The van der Waals surface area contributed by atoms with Crippen LogP contribution >= 0.6 is 11.3 Å². The third-order valence-corrected chi connectivity index (χ3v) is 9.37. The summed E-state index contributed by atoms with van der Waals surface area (Å²) in [7, 11) is -3.96. The molecule has 0 saturated carbocycles. The molecule has 1 heterocycles. The SMILES string of the molecule is CC(C)OC(=O)Nc1ccc(-c2ncc(-c3ccc(N[S+]([O-])c4ccccc4)cc3S(=O)(=O)NC(C)(C)C)s2)cc1. The van der Waals surface area contributed by atoms with Gasteiger partial charge in [0.15, 0.2) is 4.90 Å². The fraction of sp³-hybridized carbons (Fsp3) is 0.241. The Bertz CT molecular complexity index is 1600.